The first-order valence-electron chi connectivity index (χ1n) is 9.66. The van der Waals surface area contributed by atoms with Crippen molar-refractivity contribution in [3.8, 4) is 0 Å². The summed E-state index contributed by atoms with van der Waals surface area (Å²) in [6, 6.07) is 4.70. The second-order valence-electron chi connectivity index (χ2n) is 7.22. The highest BCUT2D eigenvalue weighted by molar-refractivity contribution is 5.97. The summed E-state index contributed by atoms with van der Waals surface area (Å²) >= 11 is 0. The maximum absolute atomic E-state index is 12.8. The van der Waals surface area contributed by atoms with Gasteiger partial charge in [-0.2, -0.15) is 0 Å². The average Bonchev–Trinajstić information content (AvgIpc) is 3.18. The molecule has 8 nitrogen and oxygen atoms in total. The molecule has 2 aromatic rings. The number of nitrogens with zero attached hydrogens (tertiary/aromatic N) is 4. The van der Waals surface area contributed by atoms with Gasteiger partial charge >= 0.3 is 0 Å². The highest BCUT2D eigenvalue weighted by atomic mass is 19.3. The van der Waals surface area contributed by atoms with Crippen LogP contribution in [0.2, 0.25) is 0 Å². The number of morpholine rings is 1. The Balaban J connectivity index is 1.34. The molecule has 1 N–H and O–H groups in total. The molecule has 2 fully saturated rings. The van der Waals surface area contributed by atoms with Crippen LogP contribution in [0, 0.1) is 0 Å². The predicted octanol–water partition coefficient (Wildman–Crippen LogP) is 1.12. The van der Waals surface area contributed by atoms with Crippen molar-refractivity contribution in [1.82, 2.24) is 24.7 Å². The maximum Gasteiger partial charge on any atom is 0.295 e. The Morgan fingerprint density at radius 1 is 1.07 bits per heavy atom. The zero-order valence-electron chi connectivity index (χ0n) is 15.9. The van der Waals surface area contributed by atoms with Crippen LogP contribution in [0.15, 0.2) is 18.2 Å². The fourth-order valence-corrected chi connectivity index (χ4v) is 3.66. The molecule has 0 unspecified atom stereocenters. The number of carbonyl (C=O) groups is 2. The second-order valence-corrected chi connectivity index (χ2v) is 7.22. The molecule has 0 spiro atoms. The summed E-state index contributed by atoms with van der Waals surface area (Å²) in [5.41, 5.74) is 1.22. The van der Waals surface area contributed by atoms with Crippen molar-refractivity contribution in [3.05, 3.63) is 29.6 Å². The van der Waals surface area contributed by atoms with Crippen LogP contribution in [0.3, 0.4) is 0 Å². The van der Waals surface area contributed by atoms with Crippen molar-refractivity contribution in [3.63, 3.8) is 0 Å². The van der Waals surface area contributed by atoms with Gasteiger partial charge in [-0.15, -0.1) is 0 Å². The fraction of sp³-hybridized carbons (Fsp3) is 0.526. The predicted molar refractivity (Wildman–Crippen MR) is 101 cm³/mol. The largest absolute Gasteiger partial charge is 0.379 e. The van der Waals surface area contributed by atoms with Gasteiger partial charge in [-0.05, 0) is 18.2 Å². The van der Waals surface area contributed by atoms with Crippen LogP contribution >= 0.6 is 0 Å². The van der Waals surface area contributed by atoms with Crippen molar-refractivity contribution >= 4 is 22.8 Å². The number of rotatable bonds is 4. The number of halogens is 2. The number of alkyl halides is 2. The van der Waals surface area contributed by atoms with Crippen LogP contribution in [-0.2, 0) is 9.53 Å². The molecule has 3 heterocycles. The van der Waals surface area contributed by atoms with Crippen LogP contribution in [0.1, 0.15) is 22.6 Å². The van der Waals surface area contributed by atoms with E-state index in [1.165, 1.54) is 0 Å². The molecule has 1 aromatic heterocycles. The van der Waals surface area contributed by atoms with E-state index in [0.717, 1.165) is 13.1 Å². The number of carbonyl (C=O) groups excluding carboxylic acids is 2. The normalized spacial score (nSPS) is 18.6. The molecule has 2 amide bonds. The van der Waals surface area contributed by atoms with Crippen molar-refractivity contribution in [2.45, 2.75) is 6.43 Å². The molecule has 1 aromatic carbocycles. The number of hydrogen-bond acceptors (Lipinski definition) is 5. The Kier molecular flexibility index (Phi) is 5.72. The third-order valence-electron chi connectivity index (χ3n) is 5.34. The molecular formula is C19H23F2N5O3. The summed E-state index contributed by atoms with van der Waals surface area (Å²) < 4.78 is 30.9. The quantitative estimate of drug-likeness (QED) is 0.822. The molecule has 2 saturated heterocycles. The molecule has 4 rings (SSSR count). The van der Waals surface area contributed by atoms with Crippen molar-refractivity contribution in [1.29, 1.82) is 0 Å². The Bertz CT molecular complexity index is 889. The second kappa shape index (κ2) is 8.42. The van der Waals surface area contributed by atoms with Gasteiger partial charge in [0, 0.05) is 44.8 Å². The first-order valence-corrected chi connectivity index (χ1v) is 9.66. The van der Waals surface area contributed by atoms with E-state index in [2.05, 4.69) is 14.9 Å². The van der Waals surface area contributed by atoms with Gasteiger partial charge in [0.25, 0.3) is 12.3 Å². The van der Waals surface area contributed by atoms with Gasteiger partial charge in [0.1, 0.15) is 0 Å². The lowest BCUT2D eigenvalue weighted by atomic mass is 10.1. The molecule has 2 aliphatic heterocycles. The number of aromatic amines is 1. The number of fused-ring (bicyclic) bond motifs is 1. The average molecular weight is 407 g/mol. The van der Waals surface area contributed by atoms with Crippen LogP contribution in [0.4, 0.5) is 8.78 Å². The van der Waals surface area contributed by atoms with Crippen LogP contribution in [0.25, 0.3) is 11.0 Å². The summed E-state index contributed by atoms with van der Waals surface area (Å²) in [5.74, 6) is -0.519. The van der Waals surface area contributed by atoms with Gasteiger partial charge in [0.05, 0.1) is 30.8 Å². The van der Waals surface area contributed by atoms with Crippen LogP contribution in [0.5, 0.6) is 0 Å². The van der Waals surface area contributed by atoms with Crippen molar-refractivity contribution < 1.29 is 23.1 Å². The highest BCUT2D eigenvalue weighted by Crippen LogP contribution is 2.21. The lowest BCUT2D eigenvalue weighted by Crippen LogP contribution is -2.53. The summed E-state index contributed by atoms with van der Waals surface area (Å²) in [5, 5.41) is 0. The molecule has 2 aliphatic rings. The van der Waals surface area contributed by atoms with Gasteiger partial charge in [-0.1, -0.05) is 0 Å². The lowest BCUT2D eigenvalue weighted by molar-refractivity contribution is -0.134. The van der Waals surface area contributed by atoms with Gasteiger partial charge in [-0.3, -0.25) is 14.5 Å². The number of aromatic nitrogens is 2. The van der Waals surface area contributed by atoms with E-state index >= 15 is 0 Å². The van der Waals surface area contributed by atoms with E-state index in [-0.39, 0.29) is 11.8 Å². The number of hydrogen-bond donors (Lipinski definition) is 1. The van der Waals surface area contributed by atoms with E-state index in [4.69, 9.17) is 4.74 Å². The topological polar surface area (TPSA) is 81.8 Å². The number of piperazine rings is 1. The molecular weight excluding hydrogens is 384 g/mol. The number of H-pyrrole nitrogens is 1. The van der Waals surface area contributed by atoms with E-state index < -0.39 is 12.2 Å². The summed E-state index contributed by atoms with van der Waals surface area (Å²) in [7, 11) is 0. The van der Waals surface area contributed by atoms with Gasteiger partial charge < -0.3 is 19.5 Å². The molecule has 156 valence electrons. The number of amides is 2. The lowest BCUT2D eigenvalue weighted by Gasteiger charge is -2.36. The minimum absolute atomic E-state index is 0.0670. The SMILES string of the molecule is O=C(CN1CCOCC1)N1CCN(C(=O)c2ccc3nc(C(F)F)[nH]c3c2)CC1. The van der Waals surface area contributed by atoms with Gasteiger partial charge in [0.2, 0.25) is 5.91 Å². The molecule has 0 aliphatic carbocycles. The van der Waals surface area contributed by atoms with Crippen molar-refractivity contribution in [2.75, 3.05) is 59.0 Å². The van der Waals surface area contributed by atoms with E-state index in [9.17, 15) is 18.4 Å². The number of ether oxygens (including phenoxy) is 1. The molecule has 0 atom stereocenters. The fourth-order valence-electron chi connectivity index (χ4n) is 3.66. The van der Waals surface area contributed by atoms with Crippen LogP contribution < -0.4 is 0 Å². The summed E-state index contributed by atoms with van der Waals surface area (Å²) in [6.07, 6.45) is -2.69. The standard InChI is InChI=1S/C19H23F2N5O3/c20-17(21)18-22-14-2-1-13(11-15(14)23-18)19(28)26-5-3-25(4-6-26)16(27)12-24-7-9-29-10-8-24/h1-2,11,17H,3-10,12H2,(H,22,23). The van der Waals surface area contributed by atoms with Crippen LogP contribution in [-0.4, -0.2) is 95.5 Å². The van der Waals surface area contributed by atoms with E-state index in [0.29, 0.717) is 62.5 Å². The first kappa shape index (κ1) is 19.7. The zero-order valence-corrected chi connectivity index (χ0v) is 15.9. The Labute approximate surface area is 166 Å². The number of imidazole rings is 1. The van der Waals surface area contributed by atoms with Crippen molar-refractivity contribution in [2.24, 2.45) is 0 Å². The first-order chi connectivity index (χ1) is 14.0. The molecule has 10 heteroatoms. The smallest absolute Gasteiger partial charge is 0.295 e. The summed E-state index contributed by atoms with van der Waals surface area (Å²) in [6.45, 7) is 5.03. The zero-order chi connectivity index (χ0) is 20.4. The third-order valence-corrected chi connectivity index (χ3v) is 5.34. The van der Waals surface area contributed by atoms with E-state index in [1.54, 1.807) is 28.0 Å². The minimum Gasteiger partial charge on any atom is -0.379 e. The molecule has 0 bridgehead atoms. The molecule has 29 heavy (non-hydrogen) atoms. The molecule has 0 radical (unpaired) electrons. The Hall–Kier alpha value is -2.59. The summed E-state index contributed by atoms with van der Waals surface area (Å²) in [4.78, 5) is 37.2. The maximum atomic E-state index is 12.8. The Morgan fingerprint density at radius 2 is 1.76 bits per heavy atom. The number of nitrogens with one attached hydrogen (secondary N) is 1. The van der Waals surface area contributed by atoms with Gasteiger partial charge in [-0.25, -0.2) is 13.8 Å². The minimum atomic E-state index is -2.69. The molecule has 0 saturated carbocycles. The van der Waals surface area contributed by atoms with Gasteiger partial charge in [0.15, 0.2) is 5.82 Å². The number of benzene rings is 1. The Morgan fingerprint density at radius 3 is 2.45 bits per heavy atom. The monoisotopic (exact) mass is 407 g/mol. The van der Waals surface area contributed by atoms with E-state index in [1.807, 2.05) is 0 Å². The third kappa shape index (κ3) is 4.38. The highest BCUT2D eigenvalue weighted by Gasteiger charge is 2.26.